The Bertz CT molecular complexity index is 720. The summed E-state index contributed by atoms with van der Waals surface area (Å²) < 4.78 is 5.65. The van der Waals surface area contributed by atoms with E-state index < -0.39 is 0 Å². The van der Waals surface area contributed by atoms with Crippen molar-refractivity contribution in [3.8, 4) is 5.75 Å². The van der Waals surface area contributed by atoms with Gasteiger partial charge in [-0.15, -0.1) is 0 Å². The summed E-state index contributed by atoms with van der Waals surface area (Å²) in [4.78, 5) is 16.8. The molecule has 1 fully saturated rings. The first kappa shape index (κ1) is 19.2. The van der Waals surface area contributed by atoms with E-state index in [9.17, 15) is 4.79 Å². The molecular formula is C22H29N3O2. The number of amides is 1. The summed E-state index contributed by atoms with van der Waals surface area (Å²) in [7, 11) is 2.15. The fourth-order valence-corrected chi connectivity index (χ4v) is 3.13. The Hall–Kier alpha value is -2.53. The minimum Gasteiger partial charge on any atom is -0.493 e. The smallest absolute Gasteiger partial charge is 0.227 e. The third-order valence-electron chi connectivity index (χ3n) is 4.95. The molecule has 0 aliphatic carbocycles. The van der Waals surface area contributed by atoms with Gasteiger partial charge >= 0.3 is 0 Å². The lowest BCUT2D eigenvalue weighted by Crippen LogP contribution is -2.44. The van der Waals surface area contributed by atoms with Crippen molar-refractivity contribution in [3.63, 3.8) is 0 Å². The van der Waals surface area contributed by atoms with Crippen molar-refractivity contribution < 1.29 is 9.53 Å². The molecule has 1 aliphatic heterocycles. The number of piperazine rings is 1. The van der Waals surface area contributed by atoms with Crippen LogP contribution < -0.4 is 15.0 Å². The van der Waals surface area contributed by atoms with E-state index in [0.717, 1.165) is 44.0 Å². The third-order valence-corrected chi connectivity index (χ3v) is 4.95. The molecule has 0 spiro atoms. The van der Waals surface area contributed by atoms with Gasteiger partial charge in [-0.25, -0.2) is 0 Å². The van der Waals surface area contributed by atoms with Gasteiger partial charge in [-0.05, 0) is 55.4 Å². The number of hydrogen-bond acceptors (Lipinski definition) is 4. The average Bonchev–Trinajstić information content (AvgIpc) is 2.70. The maximum absolute atomic E-state index is 12.1. The molecule has 27 heavy (non-hydrogen) atoms. The summed E-state index contributed by atoms with van der Waals surface area (Å²) in [6.07, 6.45) is 1.34. The Morgan fingerprint density at radius 3 is 2.30 bits per heavy atom. The van der Waals surface area contributed by atoms with Crippen molar-refractivity contribution >= 4 is 17.3 Å². The molecule has 1 aliphatic rings. The van der Waals surface area contributed by atoms with Crippen LogP contribution in [0.5, 0.6) is 5.75 Å². The van der Waals surface area contributed by atoms with Gasteiger partial charge < -0.3 is 19.9 Å². The zero-order chi connectivity index (χ0) is 19.1. The fourth-order valence-electron chi connectivity index (χ4n) is 3.13. The third kappa shape index (κ3) is 5.73. The highest BCUT2D eigenvalue weighted by Gasteiger charge is 2.14. The van der Waals surface area contributed by atoms with Gasteiger partial charge in [0.05, 0.1) is 13.0 Å². The number of rotatable bonds is 7. The van der Waals surface area contributed by atoms with E-state index in [1.165, 1.54) is 11.3 Å². The zero-order valence-corrected chi connectivity index (χ0v) is 16.3. The number of carbonyl (C=O) groups is 1. The standard InChI is InChI=1S/C22H29N3O2/c1-3-18-4-10-21(11-5-18)27-17-12-22(26)23-19-6-8-20(9-7-19)25-15-13-24(2)14-16-25/h4-11H,3,12-17H2,1-2H3,(H,23,26). The largest absolute Gasteiger partial charge is 0.493 e. The lowest BCUT2D eigenvalue weighted by molar-refractivity contribution is -0.116. The molecule has 1 heterocycles. The van der Waals surface area contributed by atoms with Crippen molar-refractivity contribution in [2.45, 2.75) is 19.8 Å². The van der Waals surface area contributed by atoms with Gasteiger partial charge in [0.1, 0.15) is 5.75 Å². The number of nitrogens with one attached hydrogen (secondary N) is 1. The van der Waals surface area contributed by atoms with E-state index in [-0.39, 0.29) is 5.91 Å². The van der Waals surface area contributed by atoms with E-state index in [1.807, 2.05) is 24.3 Å². The number of ether oxygens (including phenoxy) is 1. The summed E-state index contributed by atoms with van der Waals surface area (Å²) in [5, 5.41) is 2.94. The monoisotopic (exact) mass is 367 g/mol. The van der Waals surface area contributed by atoms with Crippen LogP contribution in [-0.4, -0.2) is 50.6 Å². The molecule has 1 N–H and O–H groups in total. The molecule has 1 saturated heterocycles. The second-order valence-corrected chi connectivity index (χ2v) is 6.98. The van der Waals surface area contributed by atoms with Crippen LogP contribution in [0.1, 0.15) is 18.9 Å². The number of aryl methyl sites for hydroxylation is 1. The molecule has 0 aromatic heterocycles. The minimum atomic E-state index is -0.0347. The Morgan fingerprint density at radius 1 is 1.00 bits per heavy atom. The number of carbonyl (C=O) groups excluding carboxylic acids is 1. The second-order valence-electron chi connectivity index (χ2n) is 6.98. The Balaban J connectivity index is 1.42. The van der Waals surface area contributed by atoms with Crippen LogP contribution in [0.15, 0.2) is 48.5 Å². The molecule has 2 aromatic carbocycles. The Kier molecular flexibility index (Phi) is 6.71. The highest BCUT2D eigenvalue weighted by atomic mass is 16.5. The van der Waals surface area contributed by atoms with Crippen LogP contribution in [0.4, 0.5) is 11.4 Å². The molecule has 0 bridgehead atoms. The van der Waals surface area contributed by atoms with Crippen molar-refractivity contribution in [1.29, 1.82) is 0 Å². The van der Waals surface area contributed by atoms with Crippen LogP contribution >= 0.6 is 0 Å². The molecular weight excluding hydrogens is 338 g/mol. The first-order valence-electron chi connectivity index (χ1n) is 9.69. The Morgan fingerprint density at radius 2 is 1.67 bits per heavy atom. The van der Waals surface area contributed by atoms with Gasteiger partial charge in [0.15, 0.2) is 0 Å². The van der Waals surface area contributed by atoms with Crippen molar-refractivity contribution in [1.82, 2.24) is 4.90 Å². The van der Waals surface area contributed by atoms with Crippen LogP contribution in [0.25, 0.3) is 0 Å². The molecule has 1 amide bonds. The summed E-state index contributed by atoms with van der Waals surface area (Å²) in [6, 6.07) is 16.1. The normalized spacial score (nSPS) is 14.8. The fraction of sp³-hybridized carbons (Fsp3) is 0.409. The van der Waals surface area contributed by atoms with E-state index in [1.54, 1.807) is 0 Å². The number of anilines is 2. The molecule has 0 unspecified atom stereocenters. The first-order chi connectivity index (χ1) is 13.1. The van der Waals surface area contributed by atoms with Gasteiger partial charge in [0.25, 0.3) is 0 Å². The Labute approximate surface area is 161 Å². The van der Waals surface area contributed by atoms with Crippen LogP contribution in [-0.2, 0) is 11.2 Å². The molecule has 2 aromatic rings. The van der Waals surface area contributed by atoms with E-state index in [2.05, 4.69) is 53.4 Å². The molecule has 0 atom stereocenters. The van der Waals surface area contributed by atoms with Gasteiger partial charge in [-0.3, -0.25) is 4.79 Å². The molecule has 5 nitrogen and oxygen atoms in total. The number of nitrogens with zero attached hydrogens (tertiary/aromatic N) is 2. The predicted octanol–water partition coefficient (Wildman–Crippen LogP) is 3.41. The first-order valence-corrected chi connectivity index (χ1v) is 9.69. The predicted molar refractivity (Wildman–Crippen MR) is 111 cm³/mol. The quantitative estimate of drug-likeness (QED) is 0.815. The molecule has 144 valence electrons. The summed E-state index contributed by atoms with van der Waals surface area (Å²) in [5.41, 5.74) is 3.31. The molecule has 0 radical (unpaired) electrons. The topological polar surface area (TPSA) is 44.8 Å². The summed E-state index contributed by atoms with van der Waals surface area (Å²) in [5.74, 6) is 0.768. The molecule has 0 saturated carbocycles. The van der Waals surface area contributed by atoms with Crippen molar-refractivity contribution in [3.05, 3.63) is 54.1 Å². The minimum absolute atomic E-state index is 0.0347. The van der Waals surface area contributed by atoms with E-state index in [0.29, 0.717) is 13.0 Å². The number of likely N-dealkylation sites (N-methyl/N-ethyl adjacent to an activating group) is 1. The van der Waals surface area contributed by atoms with E-state index >= 15 is 0 Å². The summed E-state index contributed by atoms with van der Waals surface area (Å²) >= 11 is 0. The second kappa shape index (κ2) is 9.42. The van der Waals surface area contributed by atoms with Crippen LogP contribution in [0.3, 0.4) is 0 Å². The van der Waals surface area contributed by atoms with E-state index in [4.69, 9.17) is 4.74 Å². The maximum Gasteiger partial charge on any atom is 0.227 e. The van der Waals surface area contributed by atoms with Crippen molar-refractivity contribution in [2.24, 2.45) is 0 Å². The summed E-state index contributed by atoms with van der Waals surface area (Å²) in [6.45, 7) is 6.74. The zero-order valence-electron chi connectivity index (χ0n) is 16.3. The lowest BCUT2D eigenvalue weighted by Gasteiger charge is -2.34. The van der Waals surface area contributed by atoms with Gasteiger partial charge in [-0.1, -0.05) is 19.1 Å². The number of benzene rings is 2. The lowest BCUT2D eigenvalue weighted by atomic mass is 10.2. The maximum atomic E-state index is 12.1. The van der Waals surface area contributed by atoms with Crippen LogP contribution in [0, 0.1) is 0 Å². The highest BCUT2D eigenvalue weighted by Crippen LogP contribution is 2.19. The highest BCUT2D eigenvalue weighted by molar-refractivity contribution is 5.90. The molecule has 5 heteroatoms. The van der Waals surface area contributed by atoms with Crippen LogP contribution in [0.2, 0.25) is 0 Å². The number of hydrogen-bond donors (Lipinski definition) is 1. The SMILES string of the molecule is CCc1ccc(OCCC(=O)Nc2ccc(N3CCN(C)CC3)cc2)cc1. The van der Waals surface area contributed by atoms with Gasteiger partial charge in [-0.2, -0.15) is 0 Å². The average molecular weight is 367 g/mol. The van der Waals surface area contributed by atoms with Gasteiger partial charge in [0, 0.05) is 37.6 Å². The molecule has 3 rings (SSSR count). The van der Waals surface area contributed by atoms with Crippen molar-refractivity contribution in [2.75, 3.05) is 50.1 Å². The van der Waals surface area contributed by atoms with Gasteiger partial charge in [0.2, 0.25) is 5.91 Å².